The number of carbonyl (C=O) groups is 1. The topological polar surface area (TPSA) is 105 Å². The van der Waals surface area contributed by atoms with E-state index < -0.39 is 36.0 Å². The molecule has 14 heteroatoms. The summed E-state index contributed by atoms with van der Waals surface area (Å²) in [7, 11) is 0. The van der Waals surface area contributed by atoms with Gasteiger partial charge in [0, 0.05) is 37.7 Å². The molecular weight excluding hydrogens is 523 g/mol. The van der Waals surface area contributed by atoms with Crippen LogP contribution in [0.15, 0.2) is 30.3 Å². The molecule has 2 fully saturated rings. The number of tetrazole rings is 1. The largest absolute Gasteiger partial charge is 0.417 e. The van der Waals surface area contributed by atoms with E-state index in [1.807, 2.05) is 0 Å². The summed E-state index contributed by atoms with van der Waals surface area (Å²) >= 11 is 0. The average Bonchev–Trinajstić information content (AvgIpc) is 3.70. The normalized spacial score (nSPS) is 21.5. The zero-order valence-corrected chi connectivity index (χ0v) is 21.0. The molecule has 0 unspecified atom stereocenters. The maximum atomic E-state index is 13.8. The molecule has 3 aromatic rings. The lowest BCUT2D eigenvalue weighted by Gasteiger charge is -2.21. The predicted octanol–water partition coefficient (Wildman–Crippen LogP) is 3.92. The number of likely N-dealkylation sites (tertiary alicyclic amines) is 1. The van der Waals surface area contributed by atoms with E-state index in [4.69, 9.17) is 0 Å². The number of hydrogen-bond donors (Lipinski definition) is 2. The molecule has 9 nitrogen and oxygen atoms in total. The minimum atomic E-state index is -4.58. The van der Waals surface area contributed by atoms with Crippen LogP contribution in [0.2, 0.25) is 0 Å². The van der Waals surface area contributed by atoms with Gasteiger partial charge >= 0.3 is 6.18 Å². The second-order valence-electron chi connectivity index (χ2n) is 10.1. The Morgan fingerprint density at radius 1 is 1.13 bits per heavy atom. The SMILES string of the molecule is O=C(N[C@@H](CCN1C[C@H](F)[C@@H](F)C1)Cc1nn[nH]n1)c1cc(-c2ccccc2C(F)(F)F)n(C2CCCC2)n1. The van der Waals surface area contributed by atoms with Crippen LogP contribution in [0.1, 0.15) is 60.0 Å². The van der Waals surface area contributed by atoms with E-state index in [1.54, 1.807) is 9.58 Å². The zero-order valence-electron chi connectivity index (χ0n) is 21.0. The van der Waals surface area contributed by atoms with Crippen LogP contribution in [0, 0.1) is 0 Å². The lowest BCUT2D eigenvalue weighted by molar-refractivity contribution is -0.137. The minimum absolute atomic E-state index is 0.0131. The Labute approximate surface area is 221 Å². The van der Waals surface area contributed by atoms with Gasteiger partial charge in [0.25, 0.3) is 5.91 Å². The fourth-order valence-corrected chi connectivity index (χ4v) is 5.38. The van der Waals surface area contributed by atoms with Gasteiger partial charge in [-0.3, -0.25) is 14.4 Å². The van der Waals surface area contributed by atoms with Crippen LogP contribution in [0.3, 0.4) is 0 Å². The number of carbonyl (C=O) groups excluding carboxylic acids is 1. The average molecular weight is 553 g/mol. The van der Waals surface area contributed by atoms with Crippen molar-refractivity contribution in [2.45, 2.75) is 69.1 Å². The Hall–Kier alpha value is -3.42. The molecule has 0 radical (unpaired) electrons. The Kier molecular flexibility index (Phi) is 7.91. The van der Waals surface area contributed by atoms with E-state index in [0.29, 0.717) is 18.8 Å². The summed E-state index contributed by atoms with van der Waals surface area (Å²) in [4.78, 5) is 15.0. The molecule has 1 saturated carbocycles. The summed E-state index contributed by atoms with van der Waals surface area (Å²) in [6.45, 7) is 0.264. The second-order valence-corrected chi connectivity index (χ2v) is 10.1. The van der Waals surface area contributed by atoms with Gasteiger partial charge in [-0.05, 0) is 31.4 Å². The number of nitrogens with one attached hydrogen (secondary N) is 2. The summed E-state index contributed by atoms with van der Waals surface area (Å²) in [6, 6.07) is 6.01. The summed E-state index contributed by atoms with van der Waals surface area (Å²) in [6.07, 6.45) is -3.78. The molecule has 0 bridgehead atoms. The zero-order chi connectivity index (χ0) is 27.6. The number of H-pyrrole nitrogens is 1. The molecule has 1 aliphatic carbocycles. The van der Waals surface area contributed by atoms with E-state index in [2.05, 4.69) is 31.0 Å². The summed E-state index contributed by atoms with van der Waals surface area (Å²) in [5, 5.41) is 21.1. The maximum Gasteiger partial charge on any atom is 0.417 e. The number of hydrogen-bond acceptors (Lipinski definition) is 6. The lowest BCUT2D eigenvalue weighted by Crippen LogP contribution is -2.39. The molecule has 1 amide bonds. The number of alkyl halides is 5. The number of amides is 1. The van der Waals surface area contributed by atoms with E-state index in [-0.39, 0.29) is 42.5 Å². The van der Waals surface area contributed by atoms with Gasteiger partial charge in [-0.15, -0.1) is 10.2 Å². The van der Waals surface area contributed by atoms with Crippen LogP contribution < -0.4 is 5.32 Å². The predicted molar refractivity (Wildman–Crippen MR) is 130 cm³/mol. The highest BCUT2D eigenvalue weighted by Crippen LogP contribution is 2.40. The maximum absolute atomic E-state index is 13.8. The van der Waals surface area contributed by atoms with Crippen molar-refractivity contribution in [3.8, 4) is 11.3 Å². The Balaban J connectivity index is 1.40. The van der Waals surface area contributed by atoms with E-state index >= 15 is 0 Å². The fraction of sp³-hybridized carbons (Fsp3) is 0.560. The Morgan fingerprint density at radius 2 is 1.85 bits per heavy atom. The summed E-state index contributed by atoms with van der Waals surface area (Å²) in [5.74, 6) is -0.233. The van der Waals surface area contributed by atoms with Crippen molar-refractivity contribution in [2.24, 2.45) is 0 Å². The van der Waals surface area contributed by atoms with Crippen LogP contribution in [-0.2, 0) is 12.6 Å². The molecule has 0 spiro atoms. The van der Waals surface area contributed by atoms with Crippen molar-refractivity contribution in [3.05, 3.63) is 47.4 Å². The molecule has 2 aromatic heterocycles. The van der Waals surface area contributed by atoms with Gasteiger partial charge in [0.1, 0.15) is 12.3 Å². The molecule has 2 N–H and O–H groups in total. The van der Waals surface area contributed by atoms with Gasteiger partial charge in [0.2, 0.25) is 0 Å². The molecule has 210 valence electrons. The molecule has 3 atom stereocenters. The van der Waals surface area contributed by atoms with Crippen LogP contribution in [0.25, 0.3) is 11.3 Å². The first-order valence-corrected chi connectivity index (χ1v) is 13.0. The van der Waals surface area contributed by atoms with E-state index in [0.717, 1.165) is 31.7 Å². The highest BCUT2D eigenvalue weighted by Gasteiger charge is 2.36. The van der Waals surface area contributed by atoms with E-state index in [1.165, 1.54) is 24.3 Å². The Morgan fingerprint density at radius 3 is 2.51 bits per heavy atom. The van der Waals surface area contributed by atoms with Crippen molar-refractivity contribution in [2.75, 3.05) is 19.6 Å². The molecule has 5 rings (SSSR count). The molecule has 1 aliphatic heterocycles. The molecular formula is C25H29F5N8O. The van der Waals surface area contributed by atoms with Crippen LogP contribution in [-0.4, -0.2) is 79.2 Å². The third kappa shape index (κ3) is 6.26. The van der Waals surface area contributed by atoms with Gasteiger partial charge < -0.3 is 5.32 Å². The third-order valence-electron chi connectivity index (χ3n) is 7.35. The van der Waals surface area contributed by atoms with Gasteiger partial charge in [-0.1, -0.05) is 36.3 Å². The molecule has 2 aliphatic rings. The number of rotatable bonds is 9. The number of aromatic amines is 1. The van der Waals surface area contributed by atoms with E-state index in [9.17, 15) is 26.7 Å². The van der Waals surface area contributed by atoms with Gasteiger partial charge in [-0.2, -0.15) is 23.5 Å². The smallest absolute Gasteiger partial charge is 0.347 e. The molecule has 1 aromatic carbocycles. The Bertz CT molecular complexity index is 1250. The van der Waals surface area contributed by atoms with Crippen molar-refractivity contribution < 1.29 is 26.7 Å². The first-order valence-electron chi connectivity index (χ1n) is 13.0. The minimum Gasteiger partial charge on any atom is -0.347 e. The van der Waals surface area contributed by atoms with Crippen LogP contribution >= 0.6 is 0 Å². The van der Waals surface area contributed by atoms with Crippen molar-refractivity contribution in [3.63, 3.8) is 0 Å². The monoisotopic (exact) mass is 552 g/mol. The fourth-order valence-electron chi connectivity index (χ4n) is 5.38. The molecule has 39 heavy (non-hydrogen) atoms. The number of nitrogens with zero attached hydrogens (tertiary/aromatic N) is 6. The number of aromatic nitrogens is 6. The number of halogens is 5. The van der Waals surface area contributed by atoms with Gasteiger partial charge in [-0.25, -0.2) is 8.78 Å². The highest BCUT2D eigenvalue weighted by atomic mass is 19.4. The second kappa shape index (κ2) is 11.4. The van der Waals surface area contributed by atoms with Crippen molar-refractivity contribution in [1.29, 1.82) is 0 Å². The van der Waals surface area contributed by atoms with Gasteiger partial charge in [0.15, 0.2) is 11.5 Å². The summed E-state index contributed by atoms with van der Waals surface area (Å²) in [5.41, 5.74) is -0.619. The van der Waals surface area contributed by atoms with Crippen LogP contribution in [0.4, 0.5) is 22.0 Å². The summed E-state index contributed by atoms with van der Waals surface area (Å²) < 4.78 is 70.4. The van der Waals surface area contributed by atoms with Crippen molar-refractivity contribution in [1.82, 2.24) is 40.6 Å². The first-order chi connectivity index (χ1) is 18.7. The third-order valence-corrected chi connectivity index (χ3v) is 7.35. The lowest BCUT2D eigenvalue weighted by atomic mass is 10.0. The first kappa shape index (κ1) is 27.2. The highest BCUT2D eigenvalue weighted by molar-refractivity contribution is 5.93. The van der Waals surface area contributed by atoms with Gasteiger partial charge in [0.05, 0.1) is 17.3 Å². The molecule has 3 heterocycles. The molecule has 1 saturated heterocycles. The number of benzene rings is 1. The standard InChI is InChI=1S/C25H29F5N8O/c26-19-13-37(14-20(19)27)10-9-15(11-23-32-35-36-33-23)31-24(39)21-12-22(38(34-21)16-5-1-2-6-16)17-7-3-4-8-18(17)25(28,29)30/h3-4,7-8,12,15-16,19-20H,1-2,5-6,9-11,13-14H2,(H,31,39)(H,32,33,35,36)/t15-,19-,20-/m0/s1. The van der Waals surface area contributed by atoms with Crippen molar-refractivity contribution >= 4 is 5.91 Å². The van der Waals surface area contributed by atoms with Crippen LogP contribution in [0.5, 0.6) is 0 Å². The quantitative estimate of drug-likeness (QED) is 0.390.